The van der Waals surface area contributed by atoms with Gasteiger partial charge in [-0.3, -0.25) is 5.10 Å². The van der Waals surface area contributed by atoms with Gasteiger partial charge < -0.3 is 0 Å². The van der Waals surface area contributed by atoms with Crippen molar-refractivity contribution < 1.29 is 0 Å². The van der Waals surface area contributed by atoms with Crippen molar-refractivity contribution in [1.29, 1.82) is 0 Å². The molecule has 0 amide bonds. The van der Waals surface area contributed by atoms with Crippen molar-refractivity contribution >= 4 is 11.8 Å². The molecule has 0 saturated heterocycles. The van der Waals surface area contributed by atoms with Gasteiger partial charge in [0.2, 0.25) is 5.16 Å². The monoisotopic (exact) mass is 300 g/mol. The lowest BCUT2D eigenvalue weighted by Gasteiger charge is -2.04. The summed E-state index contributed by atoms with van der Waals surface area (Å²) < 4.78 is 1.78. The molecule has 0 radical (unpaired) electrons. The van der Waals surface area contributed by atoms with Crippen molar-refractivity contribution in [2.45, 2.75) is 24.9 Å². The van der Waals surface area contributed by atoms with Crippen molar-refractivity contribution in [1.82, 2.24) is 30.4 Å². The number of benzene rings is 1. The van der Waals surface area contributed by atoms with Crippen LogP contribution in [0.4, 0.5) is 0 Å². The van der Waals surface area contributed by atoms with E-state index in [1.54, 1.807) is 16.4 Å². The van der Waals surface area contributed by atoms with Crippen LogP contribution in [-0.4, -0.2) is 36.2 Å². The van der Waals surface area contributed by atoms with Crippen LogP contribution in [0.1, 0.15) is 17.5 Å². The molecule has 0 spiro atoms. The molecule has 0 atom stereocenters. The molecule has 7 heteroatoms. The van der Waals surface area contributed by atoms with Crippen molar-refractivity contribution in [3.8, 4) is 5.69 Å². The summed E-state index contributed by atoms with van der Waals surface area (Å²) in [5.74, 6) is 0.970. The van der Waals surface area contributed by atoms with Crippen LogP contribution in [0.15, 0.2) is 41.8 Å². The Kier molecular flexibility index (Phi) is 4.30. The third-order valence-electron chi connectivity index (χ3n) is 3.12. The lowest BCUT2D eigenvalue weighted by molar-refractivity contribution is 0.755. The molecule has 3 rings (SSSR count). The summed E-state index contributed by atoms with van der Waals surface area (Å²) in [6.07, 6.45) is 5.86. The van der Waals surface area contributed by atoms with Crippen LogP contribution >= 0.6 is 11.8 Å². The van der Waals surface area contributed by atoms with Gasteiger partial charge in [-0.2, -0.15) is 9.78 Å². The number of aromatic nitrogens is 6. The first-order chi connectivity index (χ1) is 10.3. The highest BCUT2D eigenvalue weighted by Crippen LogP contribution is 2.19. The molecule has 2 heterocycles. The van der Waals surface area contributed by atoms with Crippen molar-refractivity contribution in [3.05, 3.63) is 47.8 Å². The Morgan fingerprint density at radius 2 is 2.10 bits per heavy atom. The van der Waals surface area contributed by atoms with Gasteiger partial charge in [-0.15, -0.1) is 5.10 Å². The Labute approximate surface area is 127 Å². The fraction of sp³-hybridized carbons (Fsp3) is 0.286. The summed E-state index contributed by atoms with van der Waals surface area (Å²) in [4.78, 5) is 0. The minimum atomic E-state index is 0.825. The number of aryl methyl sites for hydroxylation is 2. The number of H-pyrrole nitrogens is 1. The van der Waals surface area contributed by atoms with Gasteiger partial charge >= 0.3 is 0 Å². The molecule has 0 saturated carbocycles. The molecule has 2 aromatic heterocycles. The molecular weight excluding hydrogens is 284 g/mol. The minimum absolute atomic E-state index is 0.825. The molecule has 0 bridgehead atoms. The molecule has 1 N–H and O–H groups in total. The highest BCUT2D eigenvalue weighted by atomic mass is 32.2. The second-order valence-electron chi connectivity index (χ2n) is 4.77. The van der Waals surface area contributed by atoms with E-state index in [0.29, 0.717) is 0 Å². The van der Waals surface area contributed by atoms with Crippen molar-refractivity contribution in [2.24, 2.45) is 0 Å². The van der Waals surface area contributed by atoms with Crippen LogP contribution < -0.4 is 0 Å². The van der Waals surface area contributed by atoms with Crippen LogP contribution in [0.25, 0.3) is 5.69 Å². The zero-order valence-corrected chi connectivity index (χ0v) is 12.5. The number of aromatic amines is 1. The molecule has 3 aromatic rings. The molecule has 0 unspecified atom stereocenters. The van der Waals surface area contributed by atoms with E-state index in [-0.39, 0.29) is 0 Å². The summed E-state index contributed by atoms with van der Waals surface area (Å²) in [6.45, 7) is 2.06. The van der Waals surface area contributed by atoms with Crippen LogP contribution in [0.2, 0.25) is 0 Å². The number of tetrazole rings is 1. The number of nitrogens with zero attached hydrogens (tertiary/aromatic N) is 5. The number of hydrogen-bond acceptors (Lipinski definition) is 5. The van der Waals surface area contributed by atoms with Gasteiger partial charge in [-0.1, -0.05) is 29.5 Å². The van der Waals surface area contributed by atoms with E-state index >= 15 is 0 Å². The smallest absolute Gasteiger partial charge is 0.214 e. The molecule has 0 aliphatic heterocycles. The molecule has 1 aromatic carbocycles. The molecule has 108 valence electrons. The largest absolute Gasteiger partial charge is 0.285 e. The van der Waals surface area contributed by atoms with E-state index in [4.69, 9.17) is 0 Å². The fourth-order valence-electron chi connectivity index (χ4n) is 1.97. The molecule has 21 heavy (non-hydrogen) atoms. The lowest BCUT2D eigenvalue weighted by Crippen LogP contribution is -1.99. The number of thioether (sulfide) groups is 1. The van der Waals surface area contributed by atoms with Crippen LogP contribution in [0.5, 0.6) is 0 Å². The highest BCUT2D eigenvalue weighted by Gasteiger charge is 2.08. The Balaban J connectivity index is 1.59. The van der Waals surface area contributed by atoms with Gasteiger partial charge in [0.1, 0.15) is 0 Å². The fourth-order valence-corrected chi connectivity index (χ4v) is 2.80. The van der Waals surface area contributed by atoms with Crippen LogP contribution in [0.3, 0.4) is 0 Å². The maximum Gasteiger partial charge on any atom is 0.214 e. The number of nitrogens with one attached hydrogen (secondary N) is 1. The zero-order chi connectivity index (χ0) is 14.5. The lowest BCUT2D eigenvalue weighted by atomic mass is 10.2. The topological polar surface area (TPSA) is 72.3 Å². The minimum Gasteiger partial charge on any atom is -0.285 e. The van der Waals surface area contributed by atoms with Gasteiger partial charge in [0.15, 0.2) is 0 Å². The van der Waals surface area contributed by atoms with E-state index in [2.05, 4.69) is 44.8 Å². The van der Waals surface area contributed by atoms with Gasteiger partial charge in [0.05, 0.1) is 11.9 Å². The average Bonchev–Trinajstić information content (AvgIpc) is 3.16. The summed E-state index contributed by atoms with van der Waals surface area (Å²) >= 11 is 1.67. The van der Waals surface area contributed by atoms with Crippen molar-refractivity contribution in [2.75, 3.05) is 5.75 Å². The summed E-state index contributed by atoms with van der Waals surface area (Å²) in [5, 5.41) is 19.5. The van der Waals surface area contributed by atoms with E-state index in [9.17, 15) is 0 Å². The second-order valence-corrected chi connectivity index (χ2v) is 5.83. The maximum absolute atomic E-state index is 4.10. The first-order valence-corrected chi connectivity index (χ1v) is 7.77. The standard InChI is InChI=1S/C14H16N6S/c1-11-4-6-13(7-5-11)20-14(17-18-19-20)21-8-2-3-12-9-15-16-10-12/h4-7,9-10H,2-3,8H2,1H3,(H,15,16). The van der Waals surface area contributed by atoms with E-state index in [1.807, 2.05) is 24.5 Å². The predicted octanol–water partition coefficient (Wildman–Crippen LogP) is 2.42. The molecule has 0 fully saturated rings. The normalized spacial score (nSPS) is 10.9. The third kappa shape index (κ3) is 3.49. The highest BCUT2D eigenvalue weighted by molar-refractivity contribution is 7.99. The molecular formula is C14H16N6S. The summed E-state index contributed by atoms with van der Waals surface area (Å²) in [6, 6.07) is 8.18. The van der Waals surface area contributed by atoms with Gasteiger partial charge in [0, 0.05) is 11.9 Å². The third-order valence-corrected chi connectivity index (χ3v) is 4.12. The first-order valence-electron chi connectivity index (χ1n) is 6.79. The van der Waals surface area contributed by atoms with Gasteiger partial charge in [-0.05, 0) is 47.9 Å². The Morgan fingerprint density at radius 1 is 1.24 bits per heavy atom. The van der Waals surface area contributed by atoms with Crippen LogP contribution in [-0.2, 0) is 6.42 Å². The van der Waals surface area contributed by atoms with E-state index in [1.165, 1.54) is 11.1 Å². The SMILES string of the molecule is Cc1ccc(-n2nnnc2SCCCc2cn[nH]c2)cc1. The zero-order valence-electron chi connectivity index (χ0n) is 11.7. The summed E-state index contributed by atoms with van der Waals surface area (Å²) in [7, 11) is 0. The molecule has 0 aliphatic carbocycles. The van der Waals surface area contributed by atoms with E-state index < -0.39 is 0 Å². The maximum atomic E-state index is 4.10. The Morgan fingerprint density at radius 3 is 2.86 bits per heavy atom. The van der Waals surface area contributed by atoms with Gasteiger partial charge in [-0.25, -0.2) is 0 Å². The Bertz CT molecular complexity index is 674. The molecule has 6 nitrogen and oxygen atoms in total. The quantitative estimate of drug-likeness (QED) is 0.559. The average molecular weight is 300 g/mol. The van der Waals surface area contributed by atoms with E-state index in [0.717, 1.165) is 29.4 Å². The number of hydrogen-bond donors (Lipinski definition) is 1. The number of rotatable bonds is 6. The Hall–Kier alpha value is -2.15. The van der Waals surface area contributed by atoms with Crippen LogP contribution in [0, 0.1) is 6.92 Å². The summed E-state index contributed by atoms with van der Waals surface area (Å²) in [5.41, 5.74) is 3.44. The predicted molar refractivity (Wildman–Crippen MR) is 81.5 cm³/mol. The first kappa shape index (κ1) is 13.8. The van der Waals surface area contributed by atoms with Crippen molar-refractivity contribution in [3.63, 3.8) is 0 Å². The molecule has 0 aliphatic rings. The van der Waals surface area contributed by atoms with Gasteiger partial charge in [0.25, 0.3) is 0 Å². The second kappa shape index (κ2) is 6.53.